The van der Waals surface area contributed by atoms with E-state index in [4.69, 9.17) is 16.0 Å². The fourth-order valence-corrected chi connectivity index (χ4v) is 2.70. The van der Waals surface area contributed by atoms with E-state index in [9.17, 15) is 4.79 Å². The van der Waals surface area contributed by atoms with Gasteiger partial charge in [0, 0.05) is 13.1 Å². The lowest BCUT2D eigenvalue weighted by Crippen LogP contribution is -2.31. The third kappa shape index (κ3) is 2.56. The van der Waals surface area contributed by atoms with Crippen LogP contribution in [0.2, 0.25) is 5.22 Å². The first-order valence-corrected chi connectivity index (χ1v) is 7.14. The monoisotopic (exact) mass is 290 g/mol. The van der Waals surface area contributed by atoms with Gasteiger partial charge in [-0.3, -0.25) is 4.79 Å². The minimum atomic E-state index is -0.340. The lowest BCUT2D eigenvalue weighted by molar-refractivity contribution is 0.474. The van der Waals surface area contributed by atoms with E-state index in [1.165, 1.54) is 6.42 Å². The second-order valence-corrected chi connectivity index (χ2v) is 5.21. The maximum atomic E-state index is 12.2. The van der Waals surface area contributed by atoms with Gasteiger partial charge in [-0.15, -0.1) is 0 Å². The summed E-state index contributed by atoms with van der Waals surface area (Å²) >= 11 is 6.16. The van der Waals surface area contributed by atoms with Crippen molar-refractivity contribution in [1.82, 2.24) is 4.98 Å². The van der Waals surface area contributed by atoms with Gasteiger partial charge in [-0.25, -0.2) is 0 Å². The zero-order valence-electron chi connectivity index (χ0n) is 11.0. The average Bonchev–Trinajstić information content (AvgIpc) is 2.48. The molecule has 0 N–H and O–H groups in total. The predicted octanol–water partition coefficient (Wildman–Crippen LogP) is 3.35. The highest BCUT2D eigenvalue weighted by Gasteiger charge is 2.19. The smallest absolute Gasteiger partial charge is 0.302 e. The van der Waals surface area contributed by atoms with Gasteiger partial charge in [0.25, 0.3) is 5.56 Å². The molecule has 5 heteroatoms. The summed E-state index contributed by atoms with van der Waals surface area (Å²) in [6.07, 6.45) is 3.38. The molecule has 4 nitrogen and oxygen atoms in total. The molecular weight excluding hydrogens is 276 g/mol. The first kappa shape index (κ1) is 13.2. The van der Waals surface area contributed by atoms with Crippen molar-refractivity contribution in [2.45, 2.75) is 19.3 Å². The Morgan fingerprint density at radius 2 is 1.80 bits per heavy atom. The highest BCUT2D eigenvalue weighted by molar-refractivity contribution is 6.31. The first-order valence-electron chi connectivity index (χ1n) is 6.77. The maximum absolute atomic E-state index is 12.2. The Hall–Kier alpha value is -1.81. The third-order valence-electron chi connectivity index (χ3n) is 3.48. The van der Waals surface area contributed by atoms with Crippen LogP contribution in [-0.2, 0) is 0 Å². The lowest BCUT2D eigenvalue weighted by atomic mass is 10.1. The van der Waals surface area contributed by atoms with Crippen LogP contribution in [0.25, 0.3) is 11.1 Å². The van der Waals surface area contributed by atoms with Crippen molar-refractivity contribution in [3.05, 3.63) is 45.9 Å². The summed E-state index contributed by atoms with van der Waals surface area (Å²) in [4.78, 5) is 18.3. The molecule has 1 fully saturated rings. The first-order chi connectivity index (χ1) is 9.75. The molecule has 0 saturated carbocycles. The molecule has 0 amide bonds. The second kappa shape index (κ2) is 5.67. The third-order valence-corrected chi connectivity index (χ3v) is 3.74. The highest BCUT2D eigenvalue weighted by atomic mass is 35.5. The van der Waals surface area contributed by atoms with E-state index < -0.39 is 0 Å². The van der Waals surface area contributed by atoms with E-state index >= 15 is 0 Å². The van der Waals surface area contributed by atoms with Crippen molar-refractivity contribution in [2.75, 3.05) is 18.0 Å². The summed E-state index contributed by atoms with van der Waals surface area (Å²) in [6, 6.07) is 9.56. The molecule has 2 heterocycles. The van der Waals surface area contributed by atoms with Crippen molar-refractivity contribution >= 4 is 17.6 Å². The number of anilines is 1. The molecule has 3 rings (SSSR count). The number of halogens is 1. The van der Waals surface area contributed by atoms with Crippen LogP contribution >= 0.6 is 11.6 Å². The number of nitrogens with zero attached hydrogens (tertiary/aromatic N) is 2. The molecule has 0 unspecified atom stereocenters. The minimum Gasteiger partial charge on any atom is -0.412 e. The van der Waals surface area contributed by atoms with Crippen LogP contribution in [0.3, 0.4) is 0 Å². The number of hydrogen-bond donors (Lipinski definition) is 0. The zero-order valence-corrected chi connectivity index (χ0v) is 11.8. The van der Waals surface area contributed by atoms with Crippen molar-refractivity contribution in [1.29, 1.82) is 0 Å². The molecule has 0 spiro atoms. The number of rotatable bonds is 2. The van der Waals surface area contributed by atoms with Crippen LogP contribution in [0.4, 0.5) is 6.01 Å². The molecule has 1 aliphatic rings. The molecule has 1 saturated heterocycles. The van der Waals surface area contributed by atoms with E-state index in [-0.39, 0.29) is 10.8 Å². The summed E-state index contributed by atoms with van der Waals surface area (Å²) in [6.45, 7) is 1.72. The van der Waals surface area contributed by atoms with Gasteiger partial charge in [-0.2, -0.15) is 4.98 Å². The highest BCUT2D eigenvalue weighted by Crippen LogP contribution is 2.27. The summed E-state index contributed by atoms with van der Waals surface area (Å²) in [5.41, 5.74) is 0.713. The summed E-state index contributed by atoms with van der Waals surface area (Å²) in [5.74, 6) is 0. The van der Waals surface area contributed by atoms with Gasteiger partial charge in [0.05, 0.1) is 0 Å². The van der Waals surface area contributed by atoms with Crippen molar-refractivity contribution in [3.63, 3.8) is 0 Å². The van der Waals surface area contributed by atoms with Crippen molar-refractivity contribution in [2.24, 2.45) is 0 Å². The Kier molecular flexibility index (Phi) is 3.74. The van der Waals surface area contributed by atoms with Crippen LogP contribution in [-0.4, -0.2) is 18.1 Å². The quantitative estimate of drug-likeness (QED) is 0.851. The van der Waals surface area contributed by atoms with E-state index in [1.54, 1.807) is 0 Å². The van der Waals surface area contributed by atoms with E-state index in [1.807, 2.05) is 35.2 Å². The van der Waals surface area contributed by atoms with Crippen molar-refractivity contribution in [3.8, 4) is 11.1 Å². The topological polar surface area (TPSA) is 46.3 Å². The summed E-state index contributed by atoms with van der Waals surface area (Å²) in [7, 11) is 0. The van der Waals surface area contributed by atoms with Gasteiger partial charge in [-0.1, -0.05) is 30.3 Å². The van der Waals surface area contributed by atoms with Crippen molar-refractivity contribution < 1.29 is 4.42 Å². The number of piperidine rings is 1. The Labute approximate surface area is 122 Å². The SMILES string of the molecule is O=c1nc(N2CCCCC2)oc(Cl)c1-c1ccccc1. The Morgan fingerprint density at radius 3 is 2.45 bits per heavy atom. The number of benzene rings is 1. The fourth-order valence-electron chi connectivity index (χ4n) is 2.44. The molecule has 0 bridgehead atoms. The van der Waals surface area contributed by atoms with Crippen LogP contribution in [0.15, 0.2) is 39.5 Å². The fraction of sp³-hybridized carbons (Fsp3) is 0.333. The minimum absolute atomic E-state index is 0.108. The zero-order chi connectivity index (χ0) is 13.9. The van der Waals surface area contributed by atoms with E-state index in [0.29, 0.717) is 11.6 Å². The standard InChI is InChI=1S/C15H15ClN2O2/c16-13-12(11-7-3-1-4-8-11)14(19)17-15(20-13)18-9-5-2-6-10-18/h1,3-4,7-8H,2,5-6,9-10H2. The largest absolute Gasteiger partial charge is 0.412 e. The molecular formula is C15H15ClN2O2. The molecule has 1 aromatic heterocycles. The van der Waals surface area contributed by atoms with Crippen LogP contribution < -0.4 is 10.5 Å². The van der Waals surface area contributed by atoms with Crippen LogP contribution in [0.5, 0.6) is 0 Å². The average molecular weight is 291 g/mol. The van der Waals surface area contributed by atoms with Gasteiger partial charge in [0.2, 0.25) is 5.22 Å². The Morgan fingerprint density at radius 1 is 1.10 bits per heavy atom. The molecule has 20 heavy (non-hydrogen) atoms. The normalized spacial score (nSPS) is 15.3. The number of aromatic nitrogens is 1. The van der Waals surface area contributed by atoms with Gasteiger partial charge in [0.1, 0.15) is 5.56 Å². The predicted molar refractivity (Wildman–Crippen MR) is 79.3 cm³/mol. The van der Waals surface area contributed by atoms with Gasteiger partial charge >= 0.3 is 6.01 Å². The van der Waals surface area contributed by atoms with Gasteiger partial charge in [-0.05, 0) is 36.4 Å². The summed E-state index contributed by atoms with van der Waals surface area (Å²) in [5, 5.41) is 0.108. The molecule has 1 aromatic carbocycles. The molecule has 1 aliphatic heterocycles. The maximum Gasteiger partial charge on any atom is 0.302 e. The Balaban J connectivity index is 2.01. The molecule has 0 radical (unpaired) electrons. The number of hydrogen-bond acceptors (Lipinski definition) is 4. The Bertz CT molecular complexity index is 649. The van der Waals surface area contributed by atoms with E-state index in [2.05, 4.69) is 4.98 Å². The van der Waals surface area contributed by atoms with Gasteiger partial charge in [0.15, 0.2) is 0 Å². The molecule has 0 aliphatic carbocycles. The van der Waals surface area contributed by atoms with Gasteiger partial charge < -0.3 is 9.32 Å². The molecule has 2 aromatic rings. The second-order valence-electron chi connectivity index (χ2n) is 4.86. The lowest BCUT2D eigenvalue weighted by Gasteiger charge is -2.25. The molecule has 104 valence electrons. The summed E-state index contributed by atoms with van der Waals surface area (Å²) < 4.78 is 5.56. The van der Waals surface area contributed by atoms with Crippen LogP contribution in [0.1, 0.15) is 19.3 Å². The molecule has 0 atom stereocenters. The van der Waals surface area contributed by atoms with E-state index in [0.717, 1.165) is 31.5 Å². The van der Waals surface area contributed by atoms with Crippen LogP contribution in [0, 0.1) is 0 Å².